The summed E-state index contributed by atoms with van der Waals surface area (Å²) in [6, 6.07) is 6.02. The molecule has 0 bridgehead atoms. The third kappa shape index (κ3) is 3.80. The van der Waals surface area contributed by atoms with Crippen molar-refractivity contribution in [3.8, 4) is 5.75 Å². The fourth-order valence-corrected chi connectivity index (χ4v) is 2.94. The standard InChI is InChI=1S/C15H20BrNO2/c1-11(18)12-4-3-7-17(9-12)10-13-8-14(19-2)5-6-15(13)16/h5-6,8,12H,3-4,7,9-10H2,1-2H3. The molecule has 19 heavy (non-hydrogen) atoms. The van der Waals surface area contributed by atoms with Gasteiger partial charge in [0.1, 0.15) is 11.5 Å². The van der Waals surface area contributed by atoms with Gasteiger partial charge in [0.15, 0.2) is 0 Å². The van der Waals surface area contributed by atoms with Crippen LogP contribution in [0.25, 0.3) is 0 Å². The van der Waals surface area contributed by atoms with Crippen LogP contribution < -0.4 is 4.74 Å². The minimum atomic E-state index is 0.207. The van der Waals surface area contributed by atoms with E-state index in [2.05, 4.69) is 26.9 Å². The maximum Gasteiger partial charge on any atom is 0.134 e. The topological polar surface area (TPSA) is 29.5 Å². The molecule has 1 aromatic carbocycles. The van der Waals surface area contributed by atoms with Gasteiger partial charge in [0, 0.05) is 23.5 Å². The van der Waals surface area contributed by atoms with Crippen molar-refractivity contribution in [2.75, 3.05) is 20.2 Å². The van der Waals surface area contributed by atoms with Gasteiger partial charge in [-0.2, -0.15) is 0 Å². The van der Waals surface area contributed by atoms with E-state index in [4.69, 9.17) is 4.74 Å². The number of likely N-dealkylation sites (tertiary alicyclic amines) is 1. The minimum Gasteiger partial charge on any atom is -0.497 e. The van der Waals surface area contributed by atoms with Crippen LogP contribution in [0.1, 0.15) is 25.3 Å². The van der Waals surface area contributed by atoms with E-state index < -0.39 is 0 Å². The summed E-state index contributed by atoms with van der Waals surface area (Å²) in [6.07, 6.45) is 2.14. The third-order valence-corrected chi connectivity index (χ3v) is 4.50. The summed E-state index contributed by atoms with van der Waals surface area (Å²) in [5.74, 6) is 1.39. The first-order valence-electron chi connectivity index (χ1n) is 6.65. The average molecular weight is 326 g/mol. The Balaban J connectivity index is 2.06. The van der Waals surface area contributed by atoms with Crippen LogP contribution in [-0.4, -0.2) is 30.9 Å². The Hall–Kier alpha value is -0.870. The summed E-state index contributed by atoms with van der Waals surface area (Å²) in [5, 5.41) is 0. The van der Waals surface area contributed by atoms with Crippen molar-refractivity contribution in [3.63, 3.8) is 0 Å². The second-order valence-electron chi connectivity index (χ2n) is 5.14. The summed E-state index contributed by atoms with van der Waals surface area (Å²) < 4.78 is 6.36. The summed E-state index contributed by atoms with van der Waals surface area (Å²) in [7, 11) is 1.68. The molecule has 0 saturated carbocycles. The summed E-state index contributed by atoms with van der Waals surface area (Å²) in [5.41, 5.74) is 1.21. The van der Waals surface area contributed by atoms with Gasteiger partial charge in [0.2, 0.25) is 0 Å². The number of benzene rings is 1. The Labute approximate surface area is 123 Å². The van der Waals surface area contributed by atoms with Crippen LogP contribution in [0.5, 0.6) is 5.75 Å². The van der Waals surface area contributed by atoms with E-state index in [1.807, 2.05) is 12.1 Å². The molecule has 0 amide bonds. The molecule has 104 valence electrons. The Kier molecular flexibility index (Phi) is 4.99. The molecule has 0 spiro atoms. The normalized spacial score (nSPS) is 20.3. The smallest absolute Gasteiger partial charge is 0.134 e. The number of carbonyl (C=O) groups is 1. The Morgan fingerprint density at radius 2 is 2.32 bits per heavy atom. The molecule has 1 aliphatic heterocycles. The molecular weight excluding hydrogens is 306 g/mol. The SMILES string of the molecule is COc1ccc(Br)c(CN2CCCC(C(C)=O)C2)c1. The second-order valence-corrected chi connectivity index (χ2v) is 6.00. The van der Waals surface area contributed by atoms with E-state index in [1.54, 1.807) is 14.0 Å². The molecule has 1 unspecified atom stereocenters. The first-order valence-corrected chi connectivity index (χ1v) is 7.44. The highest BCUT2D eigenvalue weighted by Gasteiger charge is 2.23. The number of methoxy groups -OCH3 is 1. The number of hydrogen-bond acceptors (Lipinski definition) is 3. The molecule has 1 saturated heterocycles. The minimum absolute atomic E-state index is 0.207. The van der Waals surface area contributed by atoms with Crippen molar-refractivity contribution in [1.29, 1.82) is 0 Å². The lowest BCUT2D eigenvalue weighted by molar-refractivity contribution is -0.122. The largest absolute Gasteiger partial charge is 0.497 e. The van der Waals surface area contributed by atoms with Gasteiger partial charge in [0.25, 0.3) is 0 Å². The van der Waals surface area contributed by atoms with Crippen LogP contribution in [0, 0.1) is 5.92 Å². The number of halogens is 1. The first kappa shape index (κ1) is 14.5. The number of piperidine rings is 1. The third-order valence-electron chi connectivity index (χ3n) is 3.73. The van der Waals surface area contributed by atoms with Crippen molar-refractivity contribution >= 4 is 21.7 Å². The summed E-state index contributed by atoms with van der Waals surface area (Å²) >= 11 is 3.58. The van der Waals surface area contributed by atoms with E-state index in [0.29, 0.717) is 5.78 Å². The van der Waals surface area contributed by atoms with Gasteiger partial charge in [-0.3, -0.25) is 9.69 Å². The zero-order valence-corrected chi connectivity index (χ0v) is 13.1. The zero-order valence-electron chi connectivity index (χ0n) is 11.5. The van der Waals surface area contributed by atoms with Gasteiger partial charge in [-0.15, -0.1) is 0 Å². The number of nitrogens with zero attached hydrogens (tertiary/aromatic N) is 1. The van der Waals surface area contributed by atoms with Gasteiger partial charge in [-0.1, -0.05) is 15.9 Å². The second kappa shape index (κ2) is 6.53. The molecule has 1 aromatic rings. The Morgan fingerprint density at radius 1 is 1.53 bits per heavy atom. The maximum atomic E-state index is 11.5. The molecule has 3 nitrogen and oxygen atoms in total. The summed E-state index contributed by atoms with van der Waals surface area (Å²) in [6.45, 7) is 4.50. The Bertz CT molecular complexity index is 461. The van der Waals surface area contributed by atoms with Gasteiger partial charge >= 0.3 is 0 Å². The van der Waals surface area contributed by atoms with Crippen molar-refractivity contribution in [1.82, 2.24) is 4.90 Å². The highest BCUT2D eigenvalue weighted by molar-refractivity contribution is 9.10. The number of hydrogen-bond donors (Lipinski definition) is 0. The monoisotopic (exact) mass is 325 g/mol. The number of Topliss-reactive ketones (excluding diaryl/α,β-unsaturated/α-hetero) is 1. The molecule has 0 N–H and O–H groups in total. The maximum absolute atomic E-state index is 11.5. The number of ketones is 1. The molecule has 1 atom stereocenters. The van der Waals surface area contributed by atoms with Crippen molar-refractivity contribution in [2.24, 2.45) is 5.92 Å². The van der Waals surface area contributed by atoms with Crippen molar-refractivity contribution in [3.05, 3.63) is 28.2 Å². The zero-order chi connectivity index (χ0) is 13.8. The lowest BCUT2D eigenvalue weighted by Crippen LogP contribution is -2.37. The molecule has 1 heterocycles. The Morgan fingerprint density at radius 3 is 3.00 bits per heavy atom. The van der Waals surface area contributed by atoms with Gasteiger partial charge in [-0.25, -0.2) is 0 Å². The van der Waals surface area contributed by atoms with E-state index >= 15 is 0 Å². The lowest BCUT2D eigenvalue weighted by atomic mass is 9.94. The molecule has 0 aliphatic carbocycles. The molecule has 1 aliphatic rings. The van der Waals surface area contributed by atoms with E-state index in [0.717, 1.165) is 42.7 Å². The van der Waals surface area contributed by atoms with Gasteiger partial charge in [-0.05, 0) is 50.1 Å². The van der Waals surface area contributed by atoms with Crippen molar-refractivity contribution < 1.29 is 9.53 Å². The number of rotatable bonds is 4. The predicted molar refractivity (Wildman–Crippen MR) is 79.4 cm³/mol. The molecular formula is C15H20BrNO2. The van der Waals surface area contributed by atoms with Crippen LogP contribution in [0.15, 0.2) is 22.7 Å². The fourth-order valence-electron chi connectivity index (χ4n) is 2.57. The van der Waals surface area contributed by atoms with E-state index in [9.17, 15) is 4.79 Å². The van der Waals surface area contributed by atoms with E-state index in [1.165, 1.54) is 5.56 Å². The van der Waals surface area contributed by atoms with Gasteiger partial charge in [0.05, 0.1) is 7.11 Å². The van der Waals surface area contributed by atoms with Gasteiger partial charge < -0.3 is 4.74 Å². The predicted octanol–water partition coefficient (Wildman–Crippen LogP) is 3.26. The highest BCUT2D eigenvalue weighted by Crippen LogP contribution is 2.26. The first-order chi connectivity index (χ1) is 9.10. The van der Waals surface area contributed by atoms with Crippen LogP contribution in [0.2, 0.25) is 0 Å². The number of carbonyl (C=O) groups excluding carboxylic acids is 1. The van der Waals surface area contributed by atoms with Crippen molar-refractivity contribution in [2.45, 2.75) is 26.3 Å². The molecule has 0 radical (unpaired) electrons. The van der Waals surface area contributed by atoms with E-state index in [-0.39, 0.29) is 5.92 Å². The quantitative estimate of drug-likeness (QED) is 0.851. The van der Waals surface area contributed by atoms with Crippen LogP contribution >= 0.6 is 15.9 Å². The average Bonchev–Trinajstić information content (AvgIpc) is 2.41. The van der Waals surface area contributed by atoms with Crippen LogP contribution in [-0.2, 0) is 11.3 Å². The number of ether oxygens (including phenoxy) is 1. The molecule has 0 aromatic heterocycles. The lowest BCUT2D eigenvalue weighted by Gasteiger charge is -2.31. The molecule has 4 heteroatoms. The fraction of sp³-hybridized carbons (Fsp3) is 0.533. The molecule has 2 rings (SSSR count). The van der Waals surface area contributed by atoms with Crippen LogP contribution in [0.3, 0.4) is 0 Å². The highest BCUT2D eigenvalue weighted by atomic mass is 79.9. The van der Waals surface area contributed by atoms with Crippen LogP contribution in [0.4, 0.5) is 0 Å². The molecule has 1 fully saturated rings. The summed E-state index contributed by atoms with van der Waals surface area (Å²) in [4.78, 5) is 13.9.